The molecule has 29 heavy (non-hydrogen) atoms. The molecule has 3 aromatic carbocycles. The Labute approximate surface area is 179 Å². The number of ether oxygens (including phenoxy) is 1. The van der Waals surface area contributed by atoms with E-state index in [0.29, 0.717) is 5.92 Å². The minimum absolute atomic E-state index is 0.0912. The van der Waals surface area contributed by atoms with Gasteiger partial charge in [-0.1, -0.05) is 81.8 Å². The van der Waals surface area contributed by atoms with Crippen molar-refractivity contribution in [1.29, 1.82) is 0 Å². The first kappa shape index (κ1) is 22.8. The van der Waals surface area contributed by atoms with Crippen molar-refractivity contribution < 1.29 is 4.74 Å². The number of benzene rings is 3. The first-order valence-corrected chi connectivity index (χ1v) is 11.5. The molecule has 0 fully saturated rings. The van der Waals surface area contributed by atoms with Crippen LogP contribution in [-0.4, -0.2) is 0 Å². The summed E-state index contributed by atoms with van der Waals surface area (Å²) >= 11 is 0. The van der Waals surface area contributed by atoms with Crippen molar-refractivity contribution in [1.82, 2.24) is 0 Å². The number of hydrogen-bond acceptors (Lipinski definition) is 1. The van der Waals surface area contributed by atoms with Gasteiger partial charge in [0.2, 0.25) is 9.79 Å². The van der Waals surface area contributed by atoms with Crippen molar-refractivity contribution in [2.45, 2.75) is 56.2 Å². The molecule has 0 spiro atoms. The molecule has 1 aliphatic rings. The lowest BCUT2D eigenvalue weighted by atomic mass is 10.1. The van der Waals surface area contributed by atoms with Gasteiger partial charge < -0.3 is 4.74 Å². The zero-order valence-corrected chi connectivity index (χ0v) is 19.3. The highest BCUT2D eigenvalue weighted by atomic mass is 32.2. The molecule has 0 saturated heterocycles. The smallest absolute Gasteiger partial charge is 0.209 e. The van der Waals surface area contributed by atoms with Crippen molar-refractivity contribution in [2.75, 3.05) is 0 Å². The van der Waals surface area contributed by atoms with E-state index in [1.165, 1.54) is 25.8 Å². The van der Waals surface area contributed by atoms with E-state index in [1.54, 1.807) is 0 Å². The normalized spacial score (nSPS) is 11.7. The highest BCUT2D eigenvalue weighted by molar-refractivity contribution is 7.97. The number of fused-ring (bicyclic) bond motifs is 2. The quantitative estimate of drug-likeness (QED) is 0.240. The van der Waals surface area contributed by atoms with Gasteiger partial charge in [0, 0.05) is 0 Å². The maximum absolute atomic E-state index is 6.06. The molecule has 1 heterocycles. The van der Waals surface area contributed by atoms with Gasteiger partial charge in [0.05, 0.1) is 0 Å². The number of para-hydroxylation sites is 2. The Bertz CT molecular complexity index is 880. The molecule has 0 saturated carbocycles. The van der Waals surface area contributed by atoms with E-state index in [9.17, 15) is 0 Å². The molecule has 3 aromatic rings. The summed E-state index contributed by atoms with van der Waals surface area (Å²) in [6.45, 7) is 16.2. The van der Waals surface area contributed by atoms with E-state index in [-0.39, 0.29) is 10.9 Å². The van der Waals surface area contributed by atoms with E-state index in [2.05, 4.69) is 88.0 Å². The van der Waals surface area contributed by atoms with E-state index in [4.69, 9.17) is 4.74 Å². The summed E-state index contributed by atoms with van der Waals surface area (Å²) in [6, 6.07) is 25.5. The van der Waals surface area contributed by atoms with Crippen LogP contribution in [0.1, 0.15) is 40.2 Å². The average molecular weight is 406 g/mol. The zero-order chi connectivity index (χ0) is 21.4. The first-order chi connectivity index (χ1) is 14.0. The Kier molecular flexibility index (Phi) is 8.60. The van der Waals surface area contributed by atoms with Crippen LogP contribution >= 0.6 is 0 Å². The van der Waals surface area contributed by atoms with Gasteiger partial charge in [0.25, 0.3) is 0 Å². The highest BCUT2D eigenvalue weighted by Gasteiger charge is 2.38. The summed E-state index contributed by atoms with van der Waals surface area (Å²) in [5, 5.41) is 0. The van der Waals surface area contributed by atoms with E-state index >= 15 is 0 Å². The maximum Gasteiger partial charge on any atom is 0.209 e. The topological polar surface area (TPSA) is 9.23 Å². The van der Waals surface area contributed by atoms with Gasteiger partial charge >= 0.3 is 0 Å². The predicted molar refractivity (Wildman–Crippen MR) is 127 cm³/mol. The molecule has 152 valence electrons. The Balaban J connectivity index is 0.000000325. The molecule has 2 heteroatoms. The molecule has 0 bridgehead atoms. The molecule has 0 radical (unpaired) electrons. The minimum atomic E-state index is -0.0912. The lowest BCUT2D eigenvalue weighted by Crippen LogP contribution is -2.12. The van der Waals surface area contributed by atoms with Gasteiger partial charge in [-0.05, 0) is 56.2 Å². The highest BCUT2D eigenvalue weighted by Crippen LogP contribution is 2.46. The summed E-state index contributed by atoms with van der Waals surface area (Å²) in [4.78, 5) is 3.86. The van der Waals surface area contributed by atoms with Crippen LogP contribution in [0.15, 0.2) is 99.6 Å². The van der Waals surface area contributed by atoms with Gasteiger partial charge in [0.15, 0.2) is 16.4 Å². The molecular weight excluding hydrogens is 372 g/mol. The third kappa shape index (κ3) is 5.77. The third-order valence-electron chi connectivity index (χ3n) is 4.60. The summed E-state index contributed by atoms with van der Waals surface area (Å²) in [5.74, 6) is 2.60. The zero-order valence-electron chi connectivity index (χ0n) is 18.5. The van der Waals surface area contributed by atoms with Crippen molar-refractivity contribution in [3.8, 4) is 11.5 Å². The molecule has 4 rings (SSSR count). The Morgan fingerprint density at radius 1 is 0.793 bits per heavy atom. The lowest BCUT2D eigenvalue weighted by Gasteiger charge is -2.19. The number of rotatable bonds is 2. The maximum atomic E-state index is 6.06. The largest absolute Gasteiger partial charge is 0.447 e. The van der Waals surface area contributed by atoms with Crippen molar-refractivity contribution in [2.24, 2.45) is 5.92 Å². The van der Waals surface area contributed by atoms with Gasteiger partial charge in [0.1, 0.15) is 10.9 Å². The van der Waals surface area contributed by atoms with Crippen molar-refractivity contribution in [3.05, 3.63) is 90.5 Å². The van der Waals surface area contributed by atoms with Crippen LogP contribution in [0.3, 0.4) is 0 Å². The third-order valence-corrected chi connectivity index (χ3v) is 6.90. The summed E-state index contributed by atoms with van der Waals surface area (Å²) in [5.41, 5.74) is 2.55. The van der Waals surface area contributed by atoms with Gasteiger partial charge in [-0.3, -0.25) is 0 Å². The Morgan fingerprint density at radius 3 is 1.62 bits per heavy atom. The summed E-state index contributed by atoms with van der Waals surface area (Å²) in [7, 11) is -0.0912. The standard InChI is InChI=1S/C19H15OS.C6H12.C2H6/c1-14-10-12-15(13-11-14)21-18-8-4-2-6-16(18)20-17-7-3-5-9-19(17)21;1-5(2)6(3)4;1-2/h2-13H,1H3;6H,1H2,2-4H3;1-2H3/q+1;;. The minimum Gasteiger partial charge on any atom is -0.447 e. The van der Waals surface area contributed by atoms with E-state index in [1.807, 2.05) is 32.9 Å². The molecule has 0 aliphatic carbocycles. The molecule has 0 aromatic heterocycles. The van der Waals surface area contributed by atoms with E-state index in [0.717, 1.165) is 11.5 Å². The van der Waals surface area contributed by atoms with Crippen LogP contribution in [-0.2, 0) is 10.9 Å². The Hall–Kier alpha value is -2.45. The lowest BCUT2D eigenvalue weighted by molar-refractivity contribution is 0.453. The van der Waals surface area contributed by atoms with Crippen LogP contribution in [0.2, 0.25) is 0 Å². The molecular formula is C27H33OS+. The second kappa shape index (κ2) is 10.9. The molecule has 0 unspecified atom stereocenters. The van der Waals surface area contributed by atoms with Crippen LogP contribution in [0, 0.1) is 12.8 Å². The fourth-order valence-corrected chi connectivity index (χ4v) is 4.78. The average Bonchev–Trinajstić information content (AvgIpc) is 2.74. The summed E-state index contributed by atoms with van der Waals surface area (Å²) in [6.07, 6.45) is 0. The van der Waals surface area contributed by atoms with Crippen molar-refractivity contribution in [3.63, 3.8) is 0 Å². The molecule has 0 amide bonds. The van der Waals surface area contributed by atoms with Crippen molar-refractivity contribution >= 4 is 10.9 Å². The SMILES string of the molecule is C=C(C)C(C)C.CC.Cc1ccc([S+]2c3ccccc3Oc3ccccc32)cc1. The monoisotopic (exact) mass is 405 g/mol. The number of hydrogen-bond donors (Lipinski definition) is 0. The molecule has 0 N–H and O–H groups in total. The second-order valence-electron chi connectivity index (χ2n) is 7.12. The second-order valence-corrected chi connectivity index (χ2v) is 9.08. The van der Waals surface area contributed by atoms with Crippen LogP contribution in [0.25, 0.3) is 0 Å². The number of aryl methyl sites for hydroxylation is 1. The van der Waals surface area contributed by atoms with Gasteiger partial charge in [-0.2, -0.15) is 0 Å². The molecule has 0 atom stereocenters. The Morgan fingerprint density at radius 2 is 1.21 bits per heavy atom. The summed E-state index contributed by atoms with van der Waals surface area (Å²) < 4.78 is 6.06. The molecule has 1 aliphatic heterocycles. The van der Waals surface area contributed by atoms with Crippen LogP contribution in [0.4, 0.5) is 0 Å². The fraction of sp³-hybridized carbons (Fsp3) is 0.259. The molecule has 1 nitrogen and oxygen atoms in total. The van der Waals surface area contributed by atoms with Crippen LogP contribution in [0.5, 0.6) is 11.5 Å². The van der Waals surface area contributed by atoms with Crippen LogP contribution < -0.4 is 4.74 Å². The predicted octanol–water partition coefficient (Wildman–Crippen LogP) is 8.44. The van der Waals surface area contributed by atoms with E-state index < -0.39 is 0 Å². The fourth-order valence-electron chi connectivity index (χ4n) is 2.57. The first-order valence-electron chi connectivity index (χ1n) is 10.3. The van der Waals surface area contributed by atoms with Gasteiger partial charge in [-0.15, -0.1) is 0 Å². The number of allylic oxidation sites excluding steroid dienone is 1. The van der Waals surface area contributed by atoms with Gasteiger partial charge in [-0.25, -0.2) is 0 Å².